The third kappa shape index (κ3) is 4.84. The molecular weight excluding hydrogens is 312 g/mol. The predicted molar refractivity (Wildman–Crippen MR) is 91.1 cm³/mol. The van der Waals surface area contributed by atoms with Gasteiger partial charge in [-0.25, -0.2) is 0 Å². The van der Waals surface area contributed by atoms with Crippen LogP contribution in [0.2, 0.25) is 0 Å². The molecule has 2 rings (SSSR count). The first-order valence-electron chi connectivity index (χ1n) is 7.05. The Morgan fingerprint density at radius 2 is 1.78 bits per heavy atom. The van der Waals surface area contributed by atoms with E-state index in [9.17, 15) is 14.7 Å². The number of nitrogens with one attached hydrogen (secondary N) is 2. The number of hydrogen-bond acceptors (Lipinski definition) is 4. The lowest BCUT2D eigenvalue weighted by Gasteiger charge is -2.09. The van der Waals surface area contributed by atoms with Crippen LogP contribution in [0.1, 0.15) is 11.1 Å². The van der Waals surface area contributed by atoms with Crippen LogP contribution in [0.3, 0.4) is 0 Å². The molecule has 3 N–H and O–H groups in total. The number of benzene rings is 2. The molecule has 120 valence electrons. The lowest BCUT2D eigenvalue weighted by molar-refractivity contribution is -0.136. The van der Waals surface area contributed by atoms with E-state index in [4.69, 9.17) is 0 Å². The van der Waals surface area contributed by atoms with Gasteiger partial charge in [-0.3, -0.25) is 9.59 Å². The molecule has 0 atom stereocenters. The van der Waals surface area contributed by atoms with Crippen molar-refractivity contribution in [3.63, 3.8) is 0 Å². The summed E-state index contributed by atoms with van der Waals surface area (Å²) in [4.78, 5) is 24.8. The van der Waals surface area contributed by atoms with Gasteiger partial charge in [0.05, 0.1) is 6.61 Å². The molecule has 0 fully saturated rings. The van der Waals surface area contributed by atoms with Gasteiger partial charge in [0, 0.05) is 17.1 Å². The van der Waals surface area contributed by atoms with Gasteiger partial charge in [-0.05, 0) is 35.6 Å². The van der Waals surface area contributed by atoms with Gasteiger partial charge in [-0.2, -0.15) is 0 Å². The van der Waals surface area contributed by atoms with E-state index in [1.807, 2.05) is 30.5 Å². The van der Waals surface area contributed by atoms with Crippen molar-refractivity contribution in [3.05, 3.63) is 59.7 Å². The van der Waals surface area contributed by atoms with Gasteiger partial charge < -0.3 is 15.7 Å². The van der Waals surface area contributed by atoms with Gasteiger partial charge in [0.1, 0.15) is 0 Å². The van der Waals surface area contributed by atoms with Crippen LogP contribution in [0.4, 0.5) is 5.69 Å². The highest BCUT2D eigenvalue weighted by molar-refractivity contribution is 7.98. The van der Waals surface area contributed by atoms with Crippen LogP contribution in [0, 0.1) is 0 Å². The number of carbonyl (C=O) groups is 2. The van der Waals surface area contributed by atoms with Crippen LogP contribution in [0.25, 0.3) is 0 Å². The average molecular weight is 330 g/mol. The standard InChI is InChI=1S/C17H18N2O3S/c1-23-15-8-4-7-14(9-15)19-17(22)16(21)18-10-12-5-2-3-6-13(12)11-20/h2-9,20H,10-11H2,1H3,(H,18,21)(H,19,22). The van der Waals surface area contributed by atoms with Gasteiger partial charge in [0.15, 0.2) is 0 Å². The molecule has 0 saturated carbocycles. The van der Waals surface area contributed by atoms with Crippen molar-refractivity contribution in [1.29, 1.82) is 0 Å². The molecule has 0 radical (unpaired) electrons. The summed E-state index contributed by atoms with van der Waals surface area (Å²) < 4.78 is 0. The fourth-order valence-corrected chi connectivity index (χ4v) is 2.49. The van der Waals surface area contributed by atoms with Gasteiger partial charge >= 0.3 is 11.8 Å². The lowest BCUT2D eigenvalue weighted by Crippen LogP contribution is -2.35. The lowest BCUT2D eigenvalue weighted by atomic mass is 10.1. The summed E-state index contributed by atoms with van der Waals surface area (Å²) in [5, 5.41) is 14.4. The molecule has 0 aliphatic rings. The predicted octanol–water partition coefficient (Wildman–Crippen LogP) is 2.16. The Morgan fingerprint density at radius 1 is 1.04 bits per heavy atom. The fourth-order valence-electron chi connectivity index (χ4n) is 2.03. The third-order valence-electron chi connectivity index (χ3n) is 3.26. The number of aliphatic hydroxyl groups is 1. The Labute approximate surface area is 139 Å². The minimum atomic E-state index is -0.718. The summed E-state index contributed by atoms with van der Waals surface area (Å²) in [6.07, 6.45) is 1.94. The summed E-state index contributed by atoms with van der Waals surface area (Å²) >= 11 is 1.55. The van der Waals surface area contributed by atoms with Crippen LogP contribution in [0.15, 0.2) is 53.4 Å². The van der Waals surface area contributed by atoms with E-state index in [2.05, 4.69) is 10.6 Å². The molecule has 0 aliphatic carbocycles. The van der Waals surface area contributed by atoms with Crippen molar-refractivity contribution in [1.82, 2.24) is 5.32 Å². The number of amides is 2. The molecule has 5 nitrogen and oxygen atoms in total. The maximum Gasteiger partial charge on any atom is 0.313 e. The number of aliphatic hydroxyl groups excluding tert-OH is 1. The summed E-state index contributed by atoms with van der Waals surface area (Å²) in [7, 11) is 0. The molecule has 0 bridgehead atoms. The number of carbonyl (C=O) groups excluding carboxylic acids is 2. The van der Waals surface area contributed by atoms with Crippen LogP contribution in [-0.2, 0) is 22.7 Å². The molecule has 2 aromatic carbocycles. The van der Waals surface area contributed by atoms with Crippen molar-refractivity contribution in [2.24, 2.45) is 0 Å². The van der Waals surface area contributed by atoms with E-state index in [1.165, 1.54) is 0 Å². The Bertz CT molecular complexity index is 704. The quantitative estimate of drug-likeness (QED) is 0.580. The third-order valence-corrected chi connectivity index (χ3v) is 3.99. The average Bonchev–Trinajstić information content (AvgIpc) is 2.59. The van der Waals surface area contributed by atoms with Crippen LogP contribution >= 0.6 is 11.8 Å². The molecule has 6 heteroatoms. The minimum Gasteiger partial charge on any atom is -0.392 e. The molecule has 0 aliphatic heterocycles. The van der Waals surface area contributed by atoms with Crippen molar-refractivity contribution in [2.75, 3.05) is 11.6 Å². The normalized spacial score (nSPS) is 10.2. The van der Waals surface area contributed by atoms with Crippen molar-refractivity contribution in [2.45, 2.75) is 18.0 Å². The molecule has 0 aromatic heterocycles. The number of anilines is 1. The molecule has 0 heterocycles. The van der Waals surface area contributed by atoms with E-state index < -0.39 is 11.8 Å². The van der Waals surface area contributed by atoms with Crippen molar-refractivity contribution >= 4 is 29.3 Å². The monoisotopic (exact) mass is 330 g/mol. The summed E-state index contributed by atoms with van der Waals surface area (Å²) in [6.45, 7) is 0.0769. The second-order valence-electron chi connectivity index (χ2n) is 4.80. The van der Waals surface area contributed by atoms with Crippen molar-refractivity contribution < 1.29 is 14.7 Å². The topological polar surface area (TPSA) is 78.4 Å². The first-order chi connectivity index (χ1) is 11.1. The largest absolute Gasteiger partial charge is 0.392 e. The maximum absolute atomic E-state index is 11.9. The molecular formula is C17H18N2O3S. The zero-order valence-corrected chi connectivity index (χ0v) is 13.5. The summed E-state index contributed by atoms with van der Waals surface area (Å²) in [6, 6.07) is 14.5. The highest BCUT2D eigenvalue weighted by Gasteiger charge is 2.14. The van der Waals surface area contributed by atoms with Crippen molar-refractivity contribution in [3.8, 4) is 0 Å². The SMILES string of the molecule is CSc1cccc(NC(=O)C(=O)NCc2ccccc2CO)c1. The second kappa shape index (κ2) is 8.36. The van der Waals surface area contributed by atoms with E-state index in [1.54, 1.807) is 36.0 Å². The van der Waals surface area contributed by atoms with Crippen LogP contribution < -0.4 is 10.6 Å². The number of thioether (sulfide) groups is 1. The maximum atomic E-state index is 11.9. The van der Waals surface area contributed by atoms with Gasteiger partial charge in [0.25, 0.3) is 0 Å². The number of rotatable bonds is 5. The van der Waals surface area contributed by atoms with Gasteiger partial charge in [-0.1, -0.05) is 30.3 Å². The zero-order chi connectivity index (χ0) is 16.7. The van der Waals surface area contributed by atoms with Gasteiger partial charge in [-0.15, -0.1) is 11.8 Å². The first-order valence-corrected chi connectivity index (χ1v) is 8.27. The Balaban J connectivity index is 1.93. The summed E-state index contributed by atoms with van der Waals surface area (Å²) in [5.41, 5.74) is 2.08. The highest BCUT2D eigenvalue weighted by Crippen LogP contribution is 2.18. The van der Waals surface area contributed by atoms with E-state index in [0.29, 0.717) is 5.69 Å². The number of hydrogen-bond donors (Lipinski definition) is 3. The Kier molecular flexibility index (Phi) is 6.19. The molecule has 0 unspecified atom stereocenters. The Morgan fingerprint density at radius 3 is 2.48 bits per heavy atom. The highest BCUT2D eigenvalue weighted by atomic mass is 32.2. The molecule has 0 saturated heterocycles. The minimum absolute atomic E-state index is 0.111. The van der Waals surface area contributed by atoms with E-state index >= 15 is 0 Å². The second-order valence-corrected chi connectivity index (χ2v) is 5.68. The fraction of sp³-hybridized carbons (Fsp3) is 0.176. The first kappa shape index (κ1) is 17.1. The Hall–Kier alpha value is -2.31. The van der Waals surface area contributed by atoms with E-state index in [-0.39, 0.29) is 13.2 Å². The van der Waals surface area contributed by atoms with Gasteiger partial charge in [0.2, 0.25) is 0 Å². The zero-order valence-electron chi connectivity index (χ0n) is 12.7. The van der Waals surface area contributed by atoms with Crippen LogP contribution in [-0.4, -0.2) is 23.2 Å². The molecule has 0 spiro atoms. The smallest absolute Gasteiger partial charge is 0.313 e. The molecule has 23 heavy (non-hydrogen) atoms. The molecule has 2 aromatic rings. The summed E-state index contributed by atoms with van der Waals surface area (Å²) in [5.74, 6) is -1.43. The van der Waals surface area contributed by atoms with Crippen LogP contribution in [0.5, 0.6) is 0 Å². The molecule has 2 amide bonds. The van der Waals surface area contributed by atoms with E-state index in [0.717, 1.165) is 16.0 Å².